The molecule has 4 nitrogen and oxygen atoms in total. The smallest absolute Gasteiger partial charge is 0.328 e. The summed E-state index contributed by atoms with van der Waals surface area (Å²) < 4.78 is 7.22. The van der Waals surface area contributed by atoms with Crippen molar-refractivity contribution in [1.82, 2.24) is 9.47 Å². The number of ether oxygens (including phenoxy) is 1. The molecule has 1 aromatic carbocycles. The average molecular weight is 318 g/mol. The van der Waals surface area contributed by atoms with Crippen LogP contribution in [0.3, 0.4) is 0 Å². The third kappa shape index (κ3) is 2.90. The van der Waals surface area contributed by atoms with E-state index in [0.29, 0.717) is 0 Å². The monoisotopic (exact) mass is 318 g/mol. The van der Waals surface area contributed by atoms with Crippen LogP contribution in [-0.4, -0.2) is 43.8 Å². The van der Waals surface area contributed by atoms with Gasteiger partial charge in [0.2, 0.25) is 0 Å². The topological polar surface area (TPSA) is 34.5 Å². The second-order valence-corrected chi connectivity index (χ2v) is 11.5. The molecule has 0 aliphatic rings. The van der Waals surface area contributed by atoms with Crippen LogP contribution in [0.5, 0.6) is 5.75 Å². The molecule has 0 radical (unpaired) electrons. The number of benzene rings is 1. The molecule has 0 aliphatic carbocycles. The zero-order valence-electron chi connectivity index (χ0n) is 14.4. The Morgan fingerprint density at radius 1 is 1.18 bits per heavy atom. The van der Waals surface area contributed by atoms with Crippen molar-refractivity contribution in [3.63, 3.8) is 0 Å². The maximum atomic E-state index is 13.0. The highest BCUT2D eigenvalue weighted by molar-refractivity contribution is 6.88. The van der Waals surface area contributed by atoms with Crippen LogP contribution in [0.25, 0.3) is 10.9 Å². The number of aromatic nitrogens is 1. The van der Waals surface area contributed by atoms with E-state index in [0.717, 1.165) is 35.1 Å². The molecule has 120 valence electrons. The molecule has 1 heterocycles. The van der Waals surface area contributed by atoms with E-state index < -0.39 is 8.07 Å². The lowest BCUT2D eigenvalue weighted by atomic mass is 10.2. The van der Waals surface area contributed by atoms with Gasteiger partial charge in [0.05, 0.1) is 20.7 Å². The van der Waals surface area contributed by atoms with E-state index in [1.54, 1.807) is 7.11 Å². The minimum absolute atomic E-state index is 0.0718. The van der Waals surface area contributed by atoms with Crippen molar-refractivity contribution in [2.24, 2.45) is 0 Å². The lowest BCUT2D eigenvalue weighted by molar-refractivity contribution is 0.206. The van der Waals surface area contributed by atoms with Crippen LogP contribution < -0.4 is 10.1 Å². The standard InChI is InChI=1S/C17H26N2O2Si/c1-7-18(8-2)17(20)19-15-10-9-14(21-3)11-13(15)12-16(19)22(4,5)6/h9-12H,7-8H2,1-6H3. The summed E-state index contributed by atoms with van der Waals surface area (Å²) in [4.78, 5) is 14.9. The van der Waals surface area contributed by atoms with Gasteiger partial charge in [-0.1, -0.05) is 19.6 Å². The molecule has 22 heavy (non-hydrogen) atoms. The molecule has 0 saturated heterocycles. The summed E-state index contributed by atoms with van der Waals surface area (Å²) in [5.41, 5.74) is 0.968. The molecule has 0 fully saturated rings. The Kier molecular flexibility index (Phi) is 4.65. The number of methoxy groups -OCH3 is 1. The van der Waals surface area contributed by atoms with Crippen LogP contribution in [0.4, 0.5) is 4.79 Å². The van der Waals surface area contributed by atoms with Gasteiger partial charge in [-0.25, -0.2) is 4.79 Å². The highest BCUT2D eigenvalue weighted by atomic mass is 28.3. The molecule has 5 heteroatoms. The average Bonchev–Trinajstić information content (AvgIpc) is 2.86. The maximum absolute atomic E-state index is 13.0. The fraction of sp³-hybridized carbons (Fsp3) is 0.471. The SMILES string of the molecule is CCN(CC)C(=O)n1c([Si](C)(C)C)cc2cc(OC)ccc21. The molecule has 2 rings (SSSR count). The number of nitrogens with zero attached hydrogens (tertiary/aromatic N) is 2. The number of carbonyl (C=O) groups is 1. The van der Waals surface area contributed by atoms with Crippen LogP contribution >= 0.6 is 0 Å². The number of carbonyl (C=O) groups excluding carboxylic acids is 1. The number of hydrogen-bond donors (Lipinski definition) is 0. The second kappa shape index (κ2) is 6.16. The van der Waals surface area contributed by atoms with E-state index in [9.17, 15) is 4.79 Å². The van der Waals surface area contributed by atoms with E-state index in [2.05, 4.69) is 25.7 Å². The van der Waals surface area contributed by atoms with Crippen molar-refractivity contribution in [3.8, 4) is 5.75 Å². The zero-order chi connectivity index (χ0) is 16.5. The number of fused-ring (bicyclic) bond motifs is 1. The molecular weight excluding hydrogens is 292 g/mol. The van der Waals surface area contributed by atoms with Crippen LogP contribution in [0.1, 0.15) is 13.8 Å². The Morgan fingerprint density at radius 3 is 2.32 bits per heavy atom. The van der Waals surface area contributed by atoms with Crippen molar-refractivity contribution >= 4 is 30.3 Å². The Bertz CT molecular complexity index is 682. The first-order valence-corrected chi connectivity index (χ1v) is 11.3. The molecule has 0 saturated carbocycles. The molecule has 0 spiro atoms. The quantitative estimate of drug-likeness (QED) is 0.809. The first-order valence-electron chi connectivity index (χ1n) is 7.82. The predicted octanol–water partition coefficient (Wildman–Crippen LogP) is 3.51. The summed E-state index contributed by atoms with van der Waals surface area (Å²) in [5.74, 6) is 0.821. The molecule has 0 aliphatic heterocycles. The number of hydrogen-bond acceptors (Lipinski definition) is 2. The van der Waals surface area contributed by atoms with Gasteiger partial charge in [0.1, 0.15) is 5.75 Å². The Balaban J connectivity index is 2.71. The van der Waals surface area contributed by atoms with Gasteiger partial charge >= 0.3 is 6.03 Å². The Hall–Kier alpha value is -1.75. The van der Waals surface area contributed by atoms with Gasteiger partial charge in [-0.15, -0.1) is 0 Å². The van der Waals surface area contributed by atoms with Crippen LogP contribution in [0, 0.1) is 0 Å². The Morgan fingerprint density at radius 2 is 1.82 bits per heavy atom. The van der Waals surface area contributed by atoms with Gasteiger partial charge in [-0.2, -0.15) is 0 Å². The lowest BCUT2D eigenvalue weighted by Crippen LogP contribution is -2.48. The molecule has 0 atom stereocenters. The van der Waals surface area contributed by atoms with E-state index in [1.165, 1.54) is 0 Å². The van der Waals surface area contributed by atoms with Gasteiger partial charge in [-0.05, 0) is 38.1 Å². The van der Waals surface area contributed by atoms with Crippen molar-refractivity contribution in [3.05, 3.63) is 24.3 Å². The summed E-state index contributed by atoms with van der Waals surface area (Å²) in [7, 11) is 0.0173. The third-order valence-corrected chi connectivity index (χ3v) is 5.91. The fourth-order valence-corrected chi connectivity index (χ4v) is 4.19. The maximum Gasteiger partial charge on any atom is 0.328 e. The molecule has 0 bridgehead atoms. The summed E-state index contributed by atoms with van der Waals surface area (Å²) in [6, 6.07) is 8.14. The van der Waals surface area contributed by atoms with Gasteiger partial charge in [-0.3, -0.25) is 4.57 Å². The molecule has 1 amide bonds. The number of rotatable bonds is 4. The van der Waals surface area contributed by atoms with Crippen molar-refractivity contribution in [2.75, 3.05) is 20.2 Å². The lowest BCUT2D eigenvalue weighted by Gasteiger charge is -2.25. The van der Waals surface area contributed by atoms with E-state index in [4.69, 9.17) is 4.74 Å². The van der Waals surface area contributed by atoms with E-state index >= 15 is 0 Å². The third-order valence-electron chi connectivity index (χ3n) is 4.00. The van der Waals surface area contributed by atoms with Crippen molar-refractivity contribution < 1.29 is 9.53 Å². The minimum atomic E-state index is -1.65. The first kappa shape index (κ1) is 16.6. The van der Waals surface area contributed by atoms with Gasteiger partial charge in [0.15, 0.2) is 0 Å². The molecule has 2 aromatic rings. The fourth-order valence-electron chi connectivity index (χ4n) is 2.71. The minimum Gasteiger partial charge on any atom is -0.497 e. The van der Waals surface area contributed by atoms with E-state index in [1.807, 2.05) is 41.5 Å². The highest BCUT2D eigenvalue weighted by Crippen LogP contribution is 2.23. The molecule has 0 unspecified atom stereocenters. The van der Waals surface area contributed by atoms with Gasteiger partial charge in [0, 0.05) is 23.8 Å². The van der Waals surface area contributed by atoms with Crippen molar-refractivity contribution in [1.29, 1.82) is 0 Å². The highest BCUT2D eigenvalue weighted by Gasteiger charge is 2.27. The summed E-state index contributed by atoms with van der Waals surface area (Å²) in [6.45, 7) is 12.3. The zero-order valence-corrected chi connectivity index (χ0v) is 15.4. The Labute approximate surface area is 133 Å². The molecular formula is C17H26N2O2Si. The van der Waals surface area contributed by atoms with Gasteiger partial charge in [0.25, 0.3) is 0 Å². The van der Waals surface area contributed by atoms with Crippen molar-refractivity contribution in [2.45, 2.75) is 33.5 Å². The van der Waals surface area contributed by atoms with E-state index in [-0.39, 0.29) is 6.03 Å². The van der Waals surface area contributed by atoms with Crippen LogP contribution in [0.15, 0.2) is 24.3 Å². The number of amides is 1. The van der Waals surface area contributed by atoms with Crippen LogP contribution in [-0.2, 0) is 0 Å². The summed E-state index contributed by atoms with van der Waals surface area (Å²) in [6.07, 6.45) is 0. The molecule has 0 N–H and O–H groups in total. The summed E-state index contributed by atoms with van der Waals surface area (Å²) in [5, 5.41) is 2.23. The predicted molar refractivity (Wildman–Crippen MR) is 95.2 cm³/mol. The summed E-state index contributed by atoms with van der Waals surface area (Å²) >= 11 is 0. The molecule has 1 aromatic heterocycles. The van der Waals surface area contributed by atoms with Gasteiger partial charge < -0.3 is 9.64 Å². The second-order valence-electron chi connectivity index (χ2n) is 6.49. The normalized spacial score (nSPS) is 11.7. The van der Waals surface area contributed by atoms with Crippen LogP contribution in [0.2, 0.25) is 19.6 Å². The largest absolute Gasteiger partial charge is 0.497 e. The first-order chi connectivity index (χ1) is 10.3.